The third-order valence-corrected chi connectivity index (χ3v) is 5.99. The maximum atomic E-state index is 10.4. The Morgan fingerprint density at radius 1 is 0.483 bits per heavy atom. The fourth-order valence-corrected chi connectivity index (χ4v) is 4.06. The molecule has 0 radical (unpaired) electrons. The van der Waals surface area contributed by atoms with Gasteiger partial charge in [-0.1, -0.05) is 148 Å². The molecule has 170 valence electrons. The smallest absolute Gasteiger partial charge is 1.00 e. The van der Waals surface area contributed by atoms with E-state index in [2.05, 4.69) is 6.92 Å². The van der Waals surface area contributed by atoms with Gasteiger partial charge in [-0.3, -0.25) is 4.79 Å². The van der Waals surface area contributed by atoms with Crippen LogP contribution in [0.2, 0.25) is 0 Å². The third-order valence-electron chi connectivity index (χ3n) is 5.99. The summed E-state index contributed by atoms with van der Waals surface area (Å²) in [5.41, 5.74) is 0. The van der Waals surface area contributed by atoms with E-state index in [9.17, 15) is 4.79 Å². The van der Waals surface area contributed by atoms with Crippen LogP contribution < -0.4 is 29.6 Å². The van der Waals surface area contributed by atoms with E-state index in [0.717, 1.165) is 12.8 Å². The van der Waals surface area contributed by atoms with Crippen LogP contribution in [0.4, 0.5) is 0 Å². The van der Waals surface area contributed by atoms with Crippen molar-refractivity contribution < 1.29 is 40.9 Å². The molecule has 0 aliphatic carbocycles. The third kappa shape index (κ3) is 30.7. The van der Waals surface area contributed by atoms with Gasteiger partial charge in [0.25, 0.3) is 0 Å². The molecule has 0 rings (SSSR count). The number of rotatable bonds is 24. The molecule has 0 aromatic heterocycles. The van der Waals surface area contributed by atoms with Crippen LogP contribution in [0.15, 0.2) is 0 Å². The van der Waals surface area contributed by atoms with Crippen LogP contribution in [0.3, 0.4) is 0 Å². The van der Waals surface area contributed by atoms with Gasteiger partial charge in [0.05, 0.1) is 0 Å². The van der Waals surface area contributed by atoms with Gasteiger partial charge in [0.15, 0.2) is 0 Å². The second kappa shape index (κ2) is 28.5. The summed E-state index contributed by atoms with van der Waals surface area (Å²) in [7, 11) is 0. The van der Waals surface area contributed by atoms with Crippen LogP contribution in [-0.2, 0) is 4.79 Å². The fourth-order valence-electron chi connectivity index (χ4n) is 4.06. The monoisotopic (exact) mass is 420 g/mol. The van der Waals surface area contributed by atoms with Gasteiger partial charge in [0.2, 0.25) is 0 Å². The summed E-state index contributed by atoms with van der Waals surface area (Å²) >= 11 is 0. The number of hydrogen-bond donors (Lipinski definition) is 1. The van der Waals surface area contributed by atoms with Gasteiger partial charge in [-0.2, -0.15) is 0 Å². The Hall–Kier alpha value is 0.470. The van der Waals surface area contributed by atoms with Crippen LogP contribution in [-0.4, -0.2) is 11.1 Å². The minimum atomic E-state index is -0.650. The van der Waals surface area contributed by atoms with Crippen molar-refractivity contribution in [2.75, 3.05) is 0 Å². The predicted molar refractivity (Wildman–Crippen MR) is 125 cm³/mol. The first-order valence-electron chi connectivity index (χ1n) is 13.0. The minimum Gasteiger partial charge on any atom is -1.00 e. The molecule has 0 fully saturated rings. The van der Waals surface area contributed by atoms with Crippen LogP contribution in [0.1, 0.15) is 162 Å². The largest absolute Gasteiger partial charge is 1.00 e. The Labute approximate surface area is 207 Å². The van der Waals surface area contributed by atoms with Crippen LogP contribution >= 0.6 is 0 Å². The standard InChI is InChI=1S/C26H52O2.Na.H/c1-2-3-4-5-6-7-8-9-10-11-12-13-14-15-16-17-18-19-20-21-22-23-24-25-26(27)28;;/h2-25H2,1H3,(H,27,28);;/q;+1;-1. The SMILES string of the molecule is CCCCCCCCCCCCCCCCCCCCCCCCCC(=O)O.[H-].[Na+]. The van der Waals surface area contributed by atoms with Crippen molar-refractivity contribution in [3.8, 4) is 0 Å². The number of unbranched alkanes of at least 4 members (excludes halogenated alkanes) is 22. The van der Waals surface area contributed by atoms with Crippen molar-refractivity contribution >= 4 is 5.97 Å². The number of aliphatic carboxylic acids is 1. The Kier molecular flexibility index (Phi) is 31.1. The number of carbonyl (C=O) groups is 1. The summed E-state index contributed by atoms with van der Waals surface area (Å²) in [5, 5.41) is 8.59. The number of carboxylic acid groups (broad SMARTS) is 1. The Balaban J connectivity index is -0.00000364. The zero-order chi connectivity index (χ0) is 20.5. The quantitative estimate of drug-likeness (QED) is 0.142. The van der Waals surface area contributed by atoms with Crippen molar-refractivity contribution in [1.82, 2.24) is 0 Å². The van der Waals surface area contributed by atoms with E-state index in [1.807, 2.05) is 0 Å². The molecule has 2 nitrogen and oxygen atoms in total. The van der Waals surface area contributed by atoms with Gasteiger partial charge in [0.1, 0.15) is 0 Å². The molecule has 3 heteroatoms. The second-order valence-corrected chi connectivity index (χ2v) is 8.92. The zero-order valence-electron chi connectivity index (χ0n) is 21.3. The molecule has 0 aromatic carbocycles. The average molecular weight is 421 g/mol. The first-order chi connectivity index (χ1) is 13.8. The molecule has 0 bridgehead atoms. The summed E-state index contributed by atoms with van der Waals surface area (Å²) in [5.74, 6) is -0.650. The number of carboxylic acids is 1. The Morgan fingerprint density at radius 2 is 0.690 bits per heavy atom. The topological polar surface area (TPSA) is 37.3 Å². The van der Waals surface area contributed by atoms with Crippen molar-refractivity contribution in [2.45, 2.75) is 161 Å². The summed E-state index contributed by atoms with van der Waals surface area (Å²) in [6.07, 6.45) is 32.0. The van der Waals surface area contributed by atoms with E-state index in [-0.39, 0.29) is 31.0 Å². The molecule has 0 aliphatic heterocycles. The first kappa shape index (κ1) is 31.7. The van der Waals surface area contributed by atoms with Gasteiger partial charge in [-0.25, -0.2) is 0 Å². The summed E-state index contributed by atoms with van der Waals surface area (Å²) < 4.78 is 0. The molecule has 0 saturated carbocycles. The van der Waals surface area contributed by atoms with Crippen LogP contribution in [0, 0.1) is 0 Å². The van der Waals surface area contributed by atoms with E-state index in [4.69, 9.17) is 5.11 Å². The minimum absolute atomic E-state index is 0. The maximum Gasteiger partial charge on any atom is 1.00 e. The molecule has 0 unspecified atom stereocenters. The zero-order valence-corrected chi connectivity index (χ0v) is 22.3. The van der Waals surface area contributed by atoms with E-state index >= 15 is 0 Å². The Bertz CT molecular complexity index is 313. The average Bonchev–Trinajstić information content (AvgIpc) is 2.68. The molecular weight excluding hydrogens is 367 g/mol. The molecule has 0 aromatic rings. The molecule has 0 spiro atoms. The van der Waals surface area contributed by atoms with E-state index < -0.39 is 5.97 Å². The predicted octanol–water partition coefficient (Wildman–Crippen LogP) is 6.57. The van der Waals surface area contributed by atoms with Crippen LogP contribution in [0.25, 0.3) is 0 Å². The normalized spacial score (nSPS) is 10.8. The fraction of sp³-hybridized carbons (Fsp3) is 0.962. The summed E-state index contributed by atoms with van der Waals surface area (Å²) in [4.78, 5) is 10.4. The summed E-state index contributed by atoms with van der Waals surface area (Å²) in [6.45, 7) is 2.29. The van der Waals surface area contributed by atoms with Crippen LogP contribution in [0.5, 0.6) is 0 Å². The van der Waals surface area contributed by atoms with Gasteiger partial charge in [-0.05, 0) is 6.42 Å². The molecule has 0 saturated heterocycles. The van der Waals surface area contributed by atoms with Gasteiger partial charge < -0.3 is 6.53 Å². The van der Waals surface area contributed by atoms with E-state index in [1.165, 1.54) is 135 Å². The van der Waals surface area contributed by atoms with E-state index in [1.54, 1.807) is 0 Å². The Morgan fingerprint density at radius 3 is 0.897 bits per heavy atom. The van der Waals surface area contributed by atoms with E-state index in [0.29, 0.717) is 6.42 Å². The maximum absolute atomic E-state index is 10.4. The molecule has 1 N–H and O–H groups in total. The van der Waals surface area contributed by atoms with Gasteiger partial charge >= 0.3 is 35.5 Å². The molecular formula is C26H53NaO2. The molecule has 29 heavy (non-hydrogen) atoms. The van der Waals surface area contributed by atoms with Crippen molar-refractivity contribution in [1.29, 1.82) is 0 Å². The van der Waals surface area contributed by atoms with Crippen molar-refractivity contribution in [3.63, 3.8) is 0 Å². The van der Waals surface area contributed by atoms with Gasteiger partial charge in [-0.15, -0.1) is 0 Å². The molecule has 0 aliphatic rings. The first-order valence-corrected chi connectivity index (χ1v) is 13.0. The van der Waals surface area contributed by atoms with Crippen molar-refractivity contribution in [2.24, 2.45) is 0 Å². The van der Waals surface area contributed by atoms with Gasteiger partial charge in [0, 0.05) is 6.42 Å². The molecule has 0 atom stereocenters. The summed E-state index contributed by atoms with van der Waals surface area (Å²) in [6, 6.07) is 0. The van der Waals surface area contributed by atoms with Crippen molar-refractivity contribution in [3.05, 3.63) is 0 Å². The number of hydrogen-bond acceptors (Lipinski definition) is 1. The molecule has 0 heterocycles. The molecule has 0 amide bonds. The second-order valence-electron chi connectivity index (χ2n) is 8.92.